The number of amides is 2. The second-order valence-corrected chi connectivity index (χ2v) is 5.34. The Balaban J connectivity index is 1.94. The zero-order valence-electron chi connectivity index (χ0n) is 13.9. The smallest absolute Gasteiger partial charge is 0.409 e. The molecule has 0 saturated carbocycles. The molecular weight excluding hydrogens is 327 g/mol. The number of anilines is 1. The summed E-state index contributed by atoms with van der Waals surface area (Å²) in [5, 5.41) is 11.8. The van der Waals surface area contributed by atoms with Crippen molar-refractivity contribution in [1.82, 2.24) is 9.80 Å². The summed E-state index contributed by atoms with van der Waals surface area (Å²) in [6.07, 6.45) is 1.11. The first-order chi connectivity index (χ1) is 12.0. The average Bonchev–Trinajstić information content (AvgIpc) is 2.62. The molecule has 1 heterocycles. The van der Waals surface area contributed by atoms with Gasteiger partial charge in [-0.2, -0.15) is 5.26 Å². The van der Waals surface area contributed by atoms with E-state index in [0.717, 1.165) is 0 Å². The Morgan fingerprint density at radius 2 is 1.92 bits per heavy atom. The average molecular weight is 346 g/mol. The number of hydrogen-bond acceptors (Lipinski definition) is 5. The van der Waals surface area contributed by atoms with Crippen molar-refractivity contribution in [2.24, 2.45) is 0 Å². The van der Waals surface area contributed by atoms with Crippen LogP contribution < -0.4 is 5.32 Å². The Morgan fingerprint density at radius 1 is 1.28 bits per heavy atom. The topological polar surface area (TPSA) is 85.7 Å². The number of hydrogen-bond donors (Lipinski definition) is 1. The van der Waals surface area contributed by atoms with Crippen molar-refractivity contribution in [2.75, 3.05) is 38.1 Å². The van der Waals surface area contributed by atoms with Gasteiger partial charge in [-0.25, -0.2) is 9.18 Å². The maximum atomic E-state index is 12.9. The number of ether oxygens (including phenoxy) is 1. The lowest BCUT2D eigenvalue weighted by Gasteiger charge is -2.33. The minimum absolute atomic E-state index is 0.0612. The van der Waals surface area contributed by atoms with Crippen LogP contribution in [0.1, 0.15) is 6.92 Å². The molecule has 0 unspecified atom stereocenters. The van der Waals surface area contributed by atoms with E-state index in [0.29, 0.717) is 38.5 Å². The van der Waals surface area contributed by atoms with Gasteiger partial charge in [0.15, 0.2) is 0 Å². The molecule has 0 aliphatic carbocycles. The lowest BCUT2D eigenvalue weighted by atomic mass is 10.2. The fourth-order valence-corrected chi connectivity index (χ4v) is 2.30. The Morgan fingerprint density at radius 3 is 2.48 bits per heavy atom. The lowest BCUT2D eigenvalue weighted by Crippen LogP contribution is -2.47. The van der Waals surface area contributed by atoms with Gasteiger partial charge in [-0.15, -0.1) is 0 Å². The number of nitrogens with zero attached hydrogens (tertiary/aromatic N) is 3. The Bertz CT molecular complexity index is 689. The largest absolute Gasteiger partial charge is 0.450 e. The van der Waals surface area contributed by atoms with Crippen LogP contribution in [0.15, 0.2) is 36.0 Å². The molecule has 0 radical (unpaired) electrons. The number of carbonyl (C=O) groups is 2. The van der Waals surface area contributed by atoms with Crippen molar-refractivity contribution in [3.05, 3.63) is 41.9 Å². The van der Waals surface area contributed by atoms with Crippen LogP contribution in [0.5, 0.6) is 0 Å². The summed E-state index contributed by atoms with van der Waals surface area (Å²) in [5.41, 5.74) is 0.341. The third-order valence-electron chi connectivity index (χ3n) is 3.62. The van der Waals surface area contributed by atoms with Crippen LogP contribution in [0.2, 0.25) is 0 Å². The minimum atomic E-state index is -0.568. The van der Waals surface area contributed by atoms with Crippen molar-refractivity contribution >= 4 is 17.7 Å². The van der Waals surface area contributed by atoms with E-state index >= 15 is 0 Å². The molecule has 1 N–H and O–H groups in total. The van der Waals surface area contributed by atoms with Gasteiger partial charge in [0.25, 0.3) is 5.91 Å². The molecule has 0 atom stereocenters. The summed E-state index contributed by atoms with van der Waals surface area (Å²) < 4.78 is 17.8. The minimum Gasteiger partial charge on any atom is -0.450 e. The number of rotatable bonds is 4. The SMILES string of the molecule is CCOC(=O)N1CCN(/C=C(\C#N)C(=O)Nc2ccc(F)cc2)CC1. The van der Waals surface area contributed by atoms with Crippen molar-refractivity contribution in [3.63, 3.8) is 0 Å². The molecule has 1 aliphatic rings. The quantitative estimate of drug-likeness (QED) is 0.665. The van der Waals surface area contributed by atoms with Gasteiger partial charge in [-0.3, -0.25) is 4.79 Å². The standard InChI is InChI=1S/C17H19FN4O3/c1-2-25-17(24)22-9-7-21(8-10-22)12-13(11-19)16(23)20-15-5-3-14(18)4-6-15/h3-6,12H,2,7-10H2,1H3,(H,20,23)/b13-12+. The van der Waals surface area contributed by atoms with Crippen molar-refractivity contribution in [2.45, 2.75) is 6.92 Å². The molecule has 1 saturated heterocycles. The maximum absolute atomic E-state index is 12.9. The molecule has 8 heteroatoms. The molecule has 25 heavy (non-hydrogen) atoms. The zero-order valence-corrected chi connectivity index (χ0v) is 13.9. The number of nitrogens with one attached hydrogen (secondary N) is 1. The molecule has 0 bridgehead atoms. The van der Waals surface area contributed by atoms with Gasteiger partial charge >= 0.3 is 6.09 Å². The van der Waals surface area contributed by atoms with Crippen molar-refractivity contribution in [1.29, 1.82) is 5.26 Å². The summed E-state index contributed by atoms with van der Waals surface area (Å²) in [6, 6.07) is 7.14. The summed E-state index contributed by atoms with van der Waals surface area (Å²) in [4.78, 5) is 27.2. The number of piperazine rings is 1. The molecule has 1 fully saturated rings. The van der Waals surface area contributed by atoms with Crippen LogP contribution in [-0.4, -0.2) is 54.6 Å². The molecule has 7 nitrogen and oxygen atoms in total. The Labute approximate surface area is 145 Å². The summed E-state index contributed by atoms with van der Waals surface area (Å²) in [7, 11) is 0. The highest BCUT2D eigenvalue weighted by molar-refractivity contribution is 6.06. The van der Waals surface area contributed by atoms with Gasteiger partial charge < -0.3 is 19.9 Å². The summed E-state index contributed by atoms with van der Waals surface area (Å²) in [5.74, 6) is -0.976. The number of benzene rings is 1. The molecule has 0 spiro atoms. The van der Waals surface area contributed by atoms with Crippen LogP contribution in [0.25, 0.3) is 0 Å². The van der Waals surface area contributed by atoms with Gasteiger partial charge in [0.1, 0.15) is 17.5 Å². The second-order valence-electron chi connectivity index (χ2n) is 5.34. The Hall–Kier alpha value is -3.08. The van der Waals surface area contributed by atoms with E-state index in [-0.39, 0.29) is 11.7 Å². The van der Waals surface area contributed by atoms with Gasteiger partial charge in [0.2, 0.25) is 0 Å². The third-order valence-corrected chi connectivity index (χ3v) is 3.62. The van der Waals surface area contributed by atoms with Gasteiger partial charge in [-0.1, -0.05) is 0 Å². The van der Waals surface area contributed by atoms with Gasteiger partial charge in [0, 0.05) is 38.1 Å². The van der Waals surface area contributed by atoms with E-state index < -0.39 is 11.7 Å². The van der Waals surface area contributed by atoms with Crippen LogP contribution in [-0.2, 0) is 9.53 Å². The van der Waals surface area contributed by atoms with E-state index in [1.165, 1.54) is 30.5 Å². The normalized spacial score (nSPS) is 14.7. The van der Waals surface area contributed by atoms with Crippen LogP contribution in [0.4, 0.5) is 14.9 Å². The fourth-order valence-electron chi connectivity index (χ4n) is 2.30. The number of halogens is 1. The number of nitriles is 1. The third kappa shape index (κ3) is 5.21. The number of carbonyl (C=O) groups excluding carboxylic acids is 2. The monoisotopic (exact) mass is 346 g/mol. The molecular formula is C17H19FN4O3. The molecule has 132 valence electrons. The second kappa shape index (κ2) is 8.68. The van der Waals surface area contributed by atoms with Crippen molar-refractivity contribution in [3.8, 4) is 6.07 Å². The van der Waals surface area contributed by atoms with E-state index in [4.69, 9.17) is 4.74 Å². The predicted octanol–water partition coefficient (Wildman–Crippen LogP) is 1.95. The van der Waals surface area contributed by atoms with Crippen molar-refractivity contribution < 1.29 is 18.7 Å². The molecule has 1 aromatic carbocycles. The zero-order chi connectivity index (χ0) is 18.2. The molecule has 2 amide bonds. The van der Waals surface area contributed by atoms with E-state index in [1.807, 2.05) is 6.07 Å². The predicted molar refractivity (Wildman–Crippen MR) is 88.9 cm³/mol. The van der Waals surface area contributed by atoms with Crippen LogP contribution >= 0.6 is 0 Å². The summed E-state index contributed by atoms with van der Waals surface area (Å²) >= 11 is 0. The Kier molecular flexibility index (Phi) is 6.34. The summed E-state index contributed by atoms with van der Waals surface area (Å²) in [6.45, 7) is 3.96. The first-order valence-electron chi connectivity index (χ1n) is 7.88. The molecule has 0 aromatic heterocycles. The van der Waals surface area contributed by atoms with Crippen LogP contribution in [0, 0.1) is 17.1 Å². The van der Waals surface area contributed by atoms with Crippen LogP contribution in [0.3, 0.4) is 0 Å². The van der Waals surface area contributed by atoms with Gasteiger partial charge in [-0.05, 0) is 31.2 Å². The fraction of sp³-hybridized carbons (Fsp3) is 0.353. The first kappa shape index (κ1) is 18.3. The molecule has 2 rings (SSSR count). The first-order valence-corrected chi connectivity index (χ1v) is 7.88. The highest BCUT2D eigenvalue weighted by Gasteiger charge is 2.21. The highest BCUT2D eigenvalue weighted by atomic mass is 19.1. The lowest BCUT2D eigenvalue weighted by molar-refractivity contribution is -0.112. The molecule has 1 aromatic rings. The highest BCUT2D eigenvalue weighted by Crippen LogP contribution is 2.11. The maximum Gasteiger partial charge on any atom is 0.409 e. The van der Waals surface area contributed by atoms with E-state index in [9.17, 15) is 19.2 Å². The van der Waals surface area contributed by atoms with Gasteiger partial charge in [0.05, 0.1) is 6.61 Å². The molecule has 1 aliphatic heterocycles. The van der Waals surface area contributed by atoms with E-state index in [2.05, 4.69) is 5.32 Å². The van der Waals surface area contributed by atoms with E-state index in [1.54, 1.807) is 16.7 Å².